The number of aryl methyl sites for hydroxylation is 1. The van der Waals surface area contributed by atoms with Gasteiger partial charge in [-0.05, 0) is 47.8 Å². The van der Waals surface area contributed by atoms with E-state index >= 15 is 0 Å². The number of hydrogen-bond donors (Lipinski definition) is 1. The van der Waals surface area contributed by atoms with Crippen LogP contribution in [0.1, 0.15) is 36.8 Å². The molecule has 0 amide bonds. The third-order valence-electron chi connectivity index (χ3n) is 3.82. The van der Waals surface area contributed by atoms with E-state index < -0.39 is 0 Å². The van der Waals surface area contributed by atoms with E-state index in [1.54, 1.807) is 0 Å². The molecule has 0 fully saturated rings. The molecule has 0 bridgehead atoms. The molecule has 1 aliphatic rings. The largest absolute Gasteiger partial charge is 0.398 e. The molecule has 2 aromatic rings. The van der Waals surface area contributed by atoms with Crippen LogP contribution in [0.2, 0.25) is 0 Å². The van der Waals surface area contributed by atoms with Crippen LogP contribution in [0.4, 0.5) is 5.69 Å². The Morgan fingerprint density at radius 2 is 1.94 bits per heavy atom. The second-order valence-electron chi connectivity index (χ2n) is 4.87. The van der Waals surface area contributed by atoms with Gasteiger partial charge in [0.1, 0.15) is 0 Å². The summed E-state index contributed by atoms with van der Waals surface area (Å²) >= 11 is 0. The summed E-state index contributed by atoms with van der Waals surface area (Å²) in [6.07, 6.45) is 3.81. The second-order valence-corrected chi connectivity index (χ2v) is 4.87. The third kappa shape index (κ3) is 1.31. The molecule has 1 heteroatoms. The maximum Gasteiger partial charge on any atom is 0.0396 e. The van der Waals surface area contributed by atoms with Gasteiger partial charge in [0.2, 0.25) is 0 Å². The molecule has 1 nitrogen and oxygen atoms in total. The smallest absolute Gasteiger partial charge is 0.0396 e. The predicted molar refractivity (Wildman–Crippen MR) is 69.7 cm³/mol. The molecule has 1 aliphatic carbocycles. The molecule has 2 aromatic carbocycles. The zero-order valence-electron chi connectivity index (χ0n) is 9.66. The molecule has 1 atom stereocenters. The third-order valence-corrected chi connectivity index (χ3v) is 3.82. The van der Waals surface area contributed by atoms with Crippen molar-refractivity contribution in [1.29, 1.82) is 0 Å². The van der Waals surface area contributed by atoms with E-state index in [1.807, 2.05) is 0 Å². The van der Waals surface area contributed by atoms with Gasteiger partial charge in [0, 0.05) is 11.1 Å². The van der Waals surface area contributed by atoms with Crippen LogP contribution < -0.4 is 5.73 Å². The fourth-order valence-corrected chi connectivity index (χ4v) is 2.95. The summed E-state index contributed by atoms with van der Waals surface area (Å²) in [7, 11) is 0. The van der Waals surface area contributed by atoms with Crippen molar-refractivity contribution in [3.8, 4) is 0 Å². The van der Waals surface area contributed by atoms with E-state index in [2.05, 4.69) is 37.3 Å². The van der Waals surface area contributed by atoms with E-state index in [-0.39, 0.29) is 0 Å². The van der Waals surface area contributed by atoms with Gasteiger partial charge in [0.05, 0.1) is 0 Å². The lowest BCUT2D eigenvalue weighted by atomic mass is 9.81. The number of nitrogen functional groups attached to an aromatic ring is 1. The SMILES string of the molecule is C[C@H]1CCCc2c1cc(N)c1ccccc21. The van der Waals surface area contributed by atoms with Crippen molar-refractivity contribution in [3.63, 3.8) is 0 Å². The zero-order chi connectivity index (χ0) is 11.1. The van der Waals surface area contributed by atoms with Gasteiger partial charge < -0.3 is 5.73 Å². The van der Waals surface area contributed by atoms with Gasteiger partial charge in [-0.3, -0.25) is 0 Å². The highest BCUT2D eigenvalue weighted by Gasteiger charge is 2.19. The summed E-state index contributed by atoms with van der Waals surface area (Å²) in [6, 6.07) is 10.7. The highest BCUT2D eigenvalue weighted by atomic mass is 14.6. The molecular weight excluding hydrogens is 194 g/mol. The van der Waals surface area contributed by atoms with Gasteiger partial charge in [-0.25, -0.2) is 0 Å². The van der Waals surface area contributed by atoms with Crippen LogP contribution in [-0.4, -0.2) is 0 Å². The Labute approximate surface area is 96.3 Å². The lowest BCUT2D eigenvalue weighted by Crippen LogP contribution is -2.08. The van der Waals surface area contributed by atoms with E-state index in [1.165, 1.54) is 41.2 Å². The van der Waals surface area contributed by atoms with Crippen molar-refractivity contribution in [1.82, 2.24) is 0 Å². The van der Waals surface area contributed by atoms with Gasteiger partial charge in [0.15, 0.2) is 0 Å². The van der Waals surface area contributed by atoms with E-state index in [9.17, 15) is 0 Å². The number of benzene rings is 2. The standard InChI is InChI=1S/C15H17N/c1-10-5-4-8-12-11-6-2-3-7-13(11)15(16)9-14(10)12/h2-3,6-7,9-10H,4-5,8,16H2,1H3/t10-/m0/s1. The van der Waals surface area contributed by atoms with Gasteiger partial charge in [-0.15, -0.1) is 0 Å². The van der Waals surface area contributed by atoms with Crippen LogP contribution in [0, 0.1) is 0 Å². The molecule has 0 heterocycles. The molecule has 0 radical (unpaired) electrons. The summed E-state index contributed by atoms with van der Waals surface area (Å²) in [5, 5.41) is 2.58. The van der Waals surface area contributed by atoms with Gasteiger partial charge in [-0.2, -0.15) is 0 Å². The first-order chi connectivity index (χ1) is 7.77. The minimum atomic E-state index is 0.663. The van der Waals surface area contributed by atoms with Gasteiger partial charge in [-0.1, -0.05) is 31.2 Å². The van der Waals surface area contributed by atoms with Crippen LogP contribution in [0.3, 0.4) is 0 Å². The molecule has 0 unspecified atom stereocenters. The molecule has 0 spiro atoms. The highest BCUT2D eigenvalue weighted by Crippen LogP contribution is 2.38. The van der Waals surface area contributed by atoms with Crippen molar-refractivity contribution in [2.75, 3.05) is 5.73 Å². The first-order valence-electron chi connectivity index (χ1n) is 6.07. The normalized spacial score (nSPS) is 19.7. The van der Waals surface area contributed by atoms with Crippen LogP contribution >= 0.6 is 0 Å². The van der Waals surface area contributed by atoms with Crippen molar-refractivity contribution in [2.24, 2.45) is 0 Å². The predicted octanol–water partition coefficient (Wildman–Crippen LogP) is 3.86. The van der Waals surface area contributed by atoms with Crippen LogP contribution in [0.15, 0.2) is 30.3 Å². The van der Waals surface area contributed by atoms with Crippen LogP contribution in [-0.2, 0) is 6.42 Å². The van der Waals surface area contributed by atoms with Crippen molar-refractivity contribution in [3.05, 3.63) is 41.5 Å². The first kappa shape index (κ1) is 9.71. The summed E-state index contributed by atoms with van der Waals surface area (Å²) in [5.41, 5.74) is 10.1. The Balaban J connectivity index is 2.38. The average Bonchev–Trinajstić information content (AvgIpc) is 2.31. The molecule has 2 N–H and O–H groups in total. The Bertz CT molecular complexity index is 542. The molecule has 82 valence electrons. The fraction of sp³-hybridized carbons (Fsp3) is 0.333. The van der Waals surface area contributed by atoms with Gasteiger partial charge >= 0.3 is 0 Å². The average molecular weight is 211 g/mol. The summed E-state index contributed by atoms with van der Waals surface area (Å²) < 4.78 is 0. The summed E-state index contributed by atoms with van der Waals surface area (Å²) in [4.78, 5) is 0. The summed E-state index contributed by atoms with van der Waals surface area (Å²) in [6.45, 7) is 2.31. The van der Waals surface area contributed by atoms with Crippen LogP contribution in [0.25, 0.3) is 10.8 Å². The zero-order valence-corrected chi connectivity index (χ0v) is 9.66. The van der Waals surface area contributed by atoms with Gasteiger partial charge in [0.25, 0.3) is 0 Å². The topological polar surface area (TPSA) is 26.0 Å². The van der Waals surface area contributed by atoms with E-state index in [4.69, 9.17) is 5.73 Å². The summed E-state index contributed by atoms with van der Waals surface area (Å²) in [5.74, 6) is 0.663. The van der Waals surface area contributed by atoms with Crippen molar-refractivity contribution in [2.45, 2.75) is 32.1 Å². The Hall–Kier alpha value is -1.50. The lowest BCUT2D eigenvalue weighted by Gasteiger charge is -2.24. The molecule has 0 saturated carbocycles. The second kappa shape index (κ2) is 3.51. The molecule has 0 aliphatic heterocycles. The van der Waals surface area contributed by atoms with Crippen molar-refractivity contribution >= 4 is 16.5 Å². The first-order valence-corrected chi connectivity index (χ1v) is 6.07. The Morgan fingerprint density at radius 1 is 1.19 bits per heavy atom. The Kier molecular flexibility index (Phi) is 2.13. The lowest BCUT2D eigenvalue weighted by molar-refractivity contribution is 0.593. The molecule has 0 aromatic heterocycles. The highest BCUT2D eigenvalue weighted by molar-refractivity contribution is 5.96. The number of rotatable bonds is 0. The van der Waals surface area contributed by atoms with Crippen LogP contribution in [0.5, 0.6) is 0 Å². The number of anilines is 1. The Morgan fingerprint density at radius 3 is 2.75 bits per heavy atom. The maximum absolute atomic E-state index is 6.14. The minimum absolute atomic E-state index is 0.663. The fourth-order valence-electron chi connectivity index (χ4n) is 2.95. The maximum atomic E-state index is 6.14. The molecule has 3 rings (SSSR count). The quantitative estimate of drug-likeness (QED) is 0.658. The van der Waals surface area contributed by atoms with E-state index in [0.717, 1.165) is 5.69 Å². The number of hydrogen-bond acceptors (Lipinski definition) is 1. The van der Waals surface area contributed by atoms with E-state index in [0.29, 0.717) is 5.92 Å². The molecular formula is C15H17N. The van der Waals surface area contributed by atoms with Crippen molar-refractivity contribution < 1.29 is 0 Å². The monoisotopic (exact) mass is 211 g/mol. The molecule has 16 heavy (non-hydrogen) atoms. The number of fused-ring (bicyclic) bond motifs is 3. The number of nitrogens with two attached hydrogens (primary N) is 1. The minimum Gasteiger partial charge on any atom is -0.398 e. The molecule has 0 saturated heterocycles.